The quantitative estimate of drug-likeness (QED) is 0.156. The Morgan fingerprint density at radius 2 is 1.40 bits per heavy atom. The van der Waals surface area contributed by atoms with Crippen LogP contribution in [0.3, 0.4) is 0 Å². The Labute approximate surface area is 251 Å². The van der Waals surface area contributed by atoms with Crippen molar-refractivity contribution >= 4 is 34.7 Å². The predicted molar refractivity (Wildman–Crippen MR) is 162 cm³/mol. The molecule has 4 aromatic carbocycles. The molecule has 11 nitrogen and oxygen atoms in total. The van der Waals surface area contributed by atoms with Crippen molar-refractivity contribution in [1.82, 2.24) is 0 Å². The first-order valence-corrected chi connectivity index (χ1v) is 14.0. The molecule has 220 valence electrons. The van der Waals surface area contributed by atoms with Crippen molar-refractivity contribution in [2.75, 3.05) is 32.8 Å². The van der Waals surface area contributed by atoms with Gasteiger partial charge in [0, 0.05) is 46.4 Å². The van der Waals surface area contributed by atoms with E-state index in [9.17, 15) is 25.0 Å². The van der Waals surface area contributed by atoms with Gasteiger partial charge in [0.15, 0.2) is 11.5 Å². The maximum atomic E-state index is 14.3. The number of hydrogen-bond donors (Lipinski definition) is 0. The van der Waals surface area contributed by atoms with Crippen molar-refractivity contribution < 1.29 is 28.9 Å². The molecule has 0 unspecified atom stereocenters. The van der Waals surface area contributed by atoms with Crippen LogP contribution in [-0.2, 0) is 0 Å². The topological polar surface area (TPSA) is 134 Å². The van der Waals surface area contributed by atoms with E-state index in [1.165, 1.54) is 26.2 Å². The van der Waals surface area contributed by atoms with Gasteiger partial charge in [0.25, 0.3) is 17.3 Å². The Morgan fingerprint density at radius 3 is 1.93 bits per heavy atom. The average Bonchev–Trinajstić information content (AvgIpc) is 3.03. The van der Waals surface area contributed by atoms with E-state index >= 15 is 0 Å². The molecular weight excluding hydrogens is 574 g/mol. The van der Waals surface area contributed by atoms with Crippen molar-refractivity contribution in [3.8, 4) is 17.2 Å². The number of non-ortho nitro benzene ring substituents is 2. The van der Waals surface area contributed by atoms with Crippen molar-refractivity contribution in [3.63, 3.8) is 0 Å². The highest BCUT2D eigenvalue weighted by Crippen LogP contribution is 2.55. The second kappa shape index (κ2) is 12.4. The third-order valence-corrected chi connectivity index (χ3v) is 8.46. The second-order valence-electron chi connectivity index (χ2n) is 9.60. The molecule has 43 heavy (non-hydrogen) atoms. The summed E-state index contributed by atoms with van der Waals surface area (Å²) in [5.41, 5.74) is 0.754. The lowest BCUT2D eigenvalue weighted by molar-refractivity contribution is -0.394. The molecular formula is C31H27N3O8S. The maximum Gasteiger partial charge on any atom is 0.277 e. The van der Waals surface area contributed by atoms with E-state index in [1.54, 1.807) is 17.8 Å². The second-order valence-corrected chi connectivity index (χ2v) is 10.9. The zero-order valence-electron chi connectivity index (χ0n) is 23.5. The third kappa shape index (κ3) is 5.69. The highest BCUT2D eigenvalue weighted by molar-refractivity contribution is 8.00. The number of methoxy groups -OCH3 is 3. The first-order chi connectivity index (χ1) is 20.8. The SMILES string of the molecule is COc1cc2c(c(OC)c1OC)[C@@H](c1ccccc1)[C@H](Sc1ccccc1)CN2C(=O)c1cc([N+](=O)[O-])cc([N+](=O)[O-])c1. The van der Waals surface area contributed by atoms with Crippen LogP contribution >= 0.6 is 11.8 Å². The molecule has 0 aliphatic carbocycles. The average molecular weight is 602 g/mol. The molecule has 1 aliphatic heterocycles. The summed E-state index contributed by atoms with van der Waals surface area (Å²) in [6, 6.07) is 24.1. The normalized spacial score (nSPS) is 15.7. The molecule has 2 atom stereocenters. The van der Waals surface area contributed by atoms with Gasteiger partial charge >= 0.3 is 0 Å². The van der Waals surface area contributed by atoms with Crippen molar-refractivity contribution in [3.05, 3.63) is 122 Å². The number of carbonyl (C=O) groups is 1. The number of carbonyl (C=O) groups excluding carboxylic acids is 1. The van der Waals surface area contributed by atoms with Crippen LogP contribution < -0.4 is 19.1 Å². The summed E-state index contributed by atoms with van der Waals surface area (Å²) in [5.74, 6) is 0.0781. The van der Waals surface area contributed by atoms with Crippen LogP contribution in [-0.4, -0.2) is 48.9 Å². The van der Waals surface area contributed by atoms with Crippen LogP contribution in [0.15, 0.2) is 89.8 Å². The van der Waals surface area contributed by atoms with Gasteiger partial charge in [0.1, 0.15) is 0 Å². The van der Waals surface area contributed by atoms with Crippen molar-refractivity contribution in [2.45, 2.75) is 16.1 Å². The van der Waals surface area contributed by atoms with Crippen LogP contribution in [0.5, 0.6) is 17.2 Å². The number of thioether (sulfide) groups is 1. The Hall–Kier alpha value is -5.10. The summed E-state index contributed by atoms with van der Waals surface area (Å²) in [5, 5.41) is 23.0. The number of ether oxygens (including phenoxy) is 3. The van der Waals surface area contributed by atoms with Gasteiger partial charge in [0.2, 0.25) is 5.75 Å². The molecule has 5 rings (SSSR count). The van der Waals surface area contributed by atoms with E-state index in [0.29, 0.717) is 28.5 Å². The van der Waals surface area contributed by atoms with Crippen LogP contribution in [0.25, 0.3) is 0 Å². The molecule has 4 aromatic rings. The largest absolute Gasteiger partial charge is 0.493 e. The fourth-order valence-electron chi connectivity index (χ4n) is 5.36. The summed E-state index contributed by atoms with van der Waals surface area (Å²) in [6.45, 7) is 0.167. The van der Waals surface area contributed by atoms with Crippen LogP contribution in [0.4, 0.5) is 17.1 Å². The van der Waals surface area contributed by atoms with Gasteiger partial charge in [-0.25, -0.2) is 0 Å². The number of nitrogens with zero attached hydrogens (tertiary/aromatic N) is 3. The molecule has 0 saturated heterocycles. The molecule has 0 N–H and O–H groups in total. The van der Waals surface area contributed by atoms with Gasteiger partial charge in [-0.3, -0.25) is 25.0 Å². The Bertz CT molecular complexity index is 1650. The molecule has 12 heteroatoms. The molecule has 0 bridgehead atoms. The minimum Gasteiger partial charge on any atom is -0.493 e. The number of anilines is 1. The van der Waals surface area contributed by atoms with E-state index in [4.69, 9.17) is 14.2 Å². The zero-order chi connectivity index (χ0) is 30.7. The summed E-state index contributed by atoms with van der Waals surface area (Å²) >= 11 is 1.57. The standard InChI is InChI=1S/C31H27N3O8S/c1-40-25-17-24-28(30(42-3)29(25)41-2)27(19-10-6-4-7-11-19)26(43-23-12-8-5-9-13-23)18-32(24)31(35)20-14-21(33(36)37)16-22(15-20)34(38)39/h4-17,26-27H,18H2,1-3H3/t26-,27+/m1/s1. The molecule has 1 aliphatic rings. The molecule has 0 aromatic heterocycles. The Kier molecular flexibility index (Phi) is 8.48. The number of amides is 1. The van der Waals surface area contributed by atoms with Crippen LogP contribution in [0.1, 0.15) is 27.4 Å². The van der Waals surface area contributed by atoms with Crippen LogP contribution in [0, 0.1) is 20.2 Å². The van der Waals surface area contributed by atoms with E-state index in [0.717, 1.165) is 28.7 Å². The van der Waals surface area contributed by atoms with Gasteiger partial charge in [-0.15, -0.1) is 11.8 Å². The summed E-state index contributed by atoms with van der Waals surface area (Å²) in [6.07, 6.45) is 0. The monoisotopic (exact) mass is 601 g/mol. The van der Waals surface area contributed by atoms with Gasteiger partial charge < -0.3 is 19.1 Å². The van der Waals surface area contributed by atoms with Crippen molar-refractivity contribution in [1.29, 1.82) is 0 Å². The Balaban J connectivity index is 1.77. The van der Waals surface area contributed by atoms with Gasteiger partial charge in [0.05, 0.1) is 48.5 Å². The van der Waals surface area contributed by atoms with Gasteiger partial charge in [-0.05, 0) is 17.7 Å². The summed E-state index contributed by atoms with van der Waals surface area (Å²) < 4.78 is 17.3. The third-order valence-electron chi connectivity index (χ3n) is 7.19. The number of nitro groups is 2. The fraction of sp³-hybridized carbons (Fsp3) is 0.194. The van der Waals surface area contributed by atoms with Gasteiger partial charge in [-0.2, -0.15) is 0 Å². The molecule has 0 spiro atoms. The zero-order valence-corrected chi connectivity index (χ0v) is 24.3. The highest BCUT2D eigenvalue weighted by Gasteiger charge is 2.42. The van der Waals surface area contributed by atoms with E-state index in [1.807, 2.05) is 60.7 Å². The molecule has 1 heterocycles. The summed E-state index contributed by atoms with van der Waals surface area (Å²) in [4.78, 5) is 38.4. The lowest BCUT2D eigenvalue weighted by Crippen LogP contribution is -2.44. The number of nitro benzene ring substituents is 2. The lowest BCUT2D eigenvalue weighted by Gasteiger charge is -2.41. The van der Waals surface area contributed by atoms with E-state index in [2.05, 4.69) is 0 Å². The number of hydrogen-bond acceptors (Lipinski definition) is 9. The smallest absolute Gasteiger partial charge is 0.277 e. The molecule has 0 saturated carbocycles. The number of rotatable bonds is 9. The molecule has 1 amide bonds. The van der Waals surface area contributed by atoms with Crippen molar-refractivity contribution in [2.24, 2.45) is 0 Å². The van der Waals surface area contributed by atoms with Crippen LogP contribution in [0.2, 0.25) is 0 Å². The maximum absolute atomic E-state index is 14.3. The first kappa shape index (κ1) is 29.4. The fourth-order valence-corrected chi connectivity index (χ4v) is 6.67. The lowest BCUT2D eigenvalue weighted by atomic mass is 9.82. The molecule has 0 radical (unpaired) electrons. The minimum absolute atomic E-state index is 0.167. The van der Waals surface area contributed by atoms with E-state index in [-0.39, 0.29) is 23.3 Å². The molecule has 0 fully saturated rings. The minimum atomic E-state index is -0.760. The first-order valence-electron chi connectivity index (χ1n) is 13.1. The summed E-state index contributed by atoms with van der Waals surface area (Å²) in [7, 11) is 4.46. The number of fused-ring (bicyclic) bond motifs is 1. The Morgan fingerprint density at radius 1 is 0.814 bits per heavy atom. The van der Waals surface area contributed by atoms with E-state index < -0.39 is 27.1 Å². The highest BCUT2D eigenvalue weighted by atomic mass is 32.2. The van der Waals surface area contributed by atoms with Gasteiger partial charge in [-0.1, -0.05) is 48.5 Å². The number of benzene rings is 4. The predicted octanol–water partition coefficient (Wildman–Crippen LogP) is 6.48.